The number of carbonyl (C=O) groups excluding carboxylic acids is 4. The summed E-state index contributed by atoms with van der Waals surface area (Å²) in [6.07, 6.45) is 65.3. The van der Waals surface area contributed by atoms with Gasteiger partial charge in [-0.25, -0.2) is 9.13 Å². The first-order valence-electron chi connectivity index (χ1n) is 37.5. The molecule has 0 rings (SSSR count). The second-order valence-corrected chi connectivity index (χ2v) is 28.2. The quantitative estimate of drug-likeness (QED) is 0.0169. The highest BCUT2D eigenvalue weighted by atomic mass is 31.2. The number of phosphoric acid groups is 2. The second kappa shape index (κ2) is 68.3. The van der Waals surface area contributed by atoms with Crippen LogP contribution in [0.5, 0.6) is 0 Å². The Morgan fingerprint density at radius 3 is 0.851 bits per heavy atom. The Morgan fingerprint density at radius 1 is 0.309 bits per heavy atom. The number of esters is 4. The van der Waals surface area contributed by atoms with Crippen LogP contribution in [0.3, 0.4) is 0 Å². The Kier molecular flexibility index (Phi) is 65.9. The fourth-order valence-corrected chi connectivity index (χ4v) is 11.9. The second-order valence-electron chi connectivity index (χ2n) is 25.3. The van der Waals surface area contributed by atoms with Gasteiger partial charge in [-0.1, -0.05) is 320 Å². The lowest BCUT2D eigenvalue weighted by atomic mass is 10.0. The third-order valence-electron chi connectivity index (χ3n) is 16.1. The third-order valence-corrected chi connectivity index (χ3v) is 18.0. The van der Waals surface area contributed by atoms with E-state index < -0.39 is 97.5 Å². The van der Waals surface area contributed by atoms with Crippen molar-refractivity contribution in [3.63, 3.8) is 0 Å². The SMILES string of the molecule is CC/C=C\C/C=C\C/C=C\C/C=C\C/C=C\CC(=O)OCC(COP(=O)(O)OCC(O)COP(=O)(O)OCC(COC(=O)CCCCCCCCCCCCCCC)OC(=O)CCCCCCCCCCCCCCC)OC(=O)CCCCCCCCCCCCCCC. The van der Waals surface area contributed by atoms with Gasteiger partial charge in [0.2, 0.25) is 0 Å². The molecule has 17 nitrogen and oxygen atoms in total. The van der Waals surface area contributed by atoms with Gasteiger partial charge < -0.3 is 33.8 Å². The van der Waals surface area contributed by atoms with E-state index in [9.17, 15) is 43.2 Å². The van der Waals surface area contributed by atoms with Gasteiger partial charge in [-0.2, -0.15) is 0 Å². The normalized spacial score (nSPS) is 14.3. The molecule has 0 fully saturated rings. The van der Waals surface area contributed by atoms with Crippen LogP contribution in [0.2, 0.25) is 0 Å². The maximum Gasteiger partial charge on any atom is 0.472 e. The Morgan fingerprint density at radius 2 is 0.553 bits per heavy atom. The maximum absolute atomic E-state index is 13.0. The van der Waals surface area contributed by atoms with Crippen molar-refractivity contribution in [3.8, 4) is 0 Å². The van der Waals surface area contributed by atoms with Crippen molar-refractivity contribution in [3.05, 3.63) is 60.8 Å². The van der Waals surface area contributed by atoms with Gasteiger partial charge >= 0.3 is 39.5 Å². The zero-order chi connectivity index (χ0) is 69.0. The van der Waals surface area contributed by atoms with Crippen LogP contribution in [-0.4, -0.2) is 96.7 Å². The number of phosphoric ester groups is 2. The van der Waals surface area contributed by atoms with E-state index in [0.29, 0.717) is 25.7 Å². The minimum absolute atomic E-state index is 0.0655. The maximum atomic E-state index is 13.0. The Hall–Kier alpha value is -3.24. The average molecular weight is 1370 g/mol. The van der Waals surface area contributed by atoms with Gasteiger partial charge in [0, 0.05) is 19.3 Å². The fourth-order valence-electron chi connectivity index (χ4n) is 10.4. The predicted octanol–water partition coefficient (Wildman–Crippen LogP) is 21.1. The molecule has 5 atom stereocenters. The Labute approximate surface area is 571 Å². The number of allylic oxidation sites excluding steroid dienone is 9. The van der Waals surface area contributed by atoms with Gasteiger partial charge in [-0.15, -0.1) is 0 Å². The van der Waals surface area contributed by atoms with E-state index in [1.54, 1.807) is 6.08 Å². The summed E-state index contributed by atoms with van der Waals surface area (Å²) in [4.78, 5) is 72.6. The first kappa shape index (κ1) is 90.8. The number of hydrogen-bond donors (Lipinski definition) is 3. The van der Waals surface area contributed by atoms with Crippen molar-refractivity contribution in [1.29, 1.82) is 0 Å². The number of aliphatic hydroxyl groups excluding tert-OH is 1. The zero-order valence-corrected chi connectivity index (χ0v) is 61.4. The molecule has 0 saturated carbocycles. The molecule has 0 heterocycles. The molecule has 5 unspecified atom stereocenters. The van der Waals surface area contributed by atoms with Crippen molar-refractivity contribution >= 4 is 39.5 Å². The van der Waals surface area contributed by atoms with E-state index in [2.05, 4.69) is 64.2 Å². The minimum Gasteiger partial charge on any atom is -0.462 e. The molecule has 3 N–H and O–H groups in total. The van der Waals surface area contributed by atoms with Gasteiger partial charge in [-0.3, -0.25) is 37.3 Å². The standard InChI is InChI=1S/C75H136O17P2/c1-5-9-13-17-21-25-29-33-34-38-40-44-48-52-56-60-73(78)86-66-71(92-75(80)62-58-54-50-46-42-37-32-28-24-20-16-12-8-4)68-90-94(83,84)88-64-69(76)63-87-93(81,82)89-67-70(91-74(79)61-57-53-49-45-41-36-31-27-23-19-15-11-7-3)65-85-72(77)59-55-51-47-43-39-35-30-26-22-18-14-10-6-2/h9,13,21,25,33-34,40,44,52,56,69-71,76H,5-8,10-12,14-20,22-24,26-32,35-39,41-43,45-51,53-55,57-68H2,1-4H3,(H,81,82)(H,83,84)/b13-9-,25-21-,34-33-,44-40-,56-52-. The first-order chi connectivity index (χ1) is 45.7. The fraction of sp³-hybridized carbons (Fsp3) is 0.813. The lowest BCUT2D eigenvalue weighted by molar-refractivity contribution is -0.161. The van der Waals surface area contributed by atoms with Crippen molar-refractivity contribution in [2.24, 2.45) is 0 Å². The lowest BCUT2D eigenvalue weighted by Gasteiger charge is -2.21. The zero-order valence-electron chi connectivity index (χ0n) is 59.6. The van der Waals surface area contributed by atoms with Crippen LogP contribution >= 0.6 is 15.6 Å². The van der Waals surface area contributed by atoms with Crippen molar-refractivity contribution in [2.75, 3.05) is 39.6 Å². The summed E-state index contributed by atoms with van der Waals surface area (Å²) >= 11 is 0. The molecule has 94 heavy (non-hydrogen) atoms. The van der Waals surface area contributed by atoms with Crippen LogP contribution < -0.4 is 0 Å². The van der Waals surface area contributed by atoms with E-state index in [-0.39, 0.29) is 25.7 Å². The highest BCUT2D eigenvalue weighted by molar-refractivity contribution is 7.47. The number of aliphatic hydroxyl groups is 1. The number of hydrogen-bond acceptors (Lipinski definition) is 15. The molecule has 0 aliphatic rings. The Bertz CT molecular complexity index is 2030. The highest BCUT2D eigenvalue weighted by Gasteiger charge is 2.30. The van der Waals surface area contributed by atoms with Crippen molar-refractivity contribution in [2.45, 2.75) is 354 Å². The van der Waals surface area contributed by atoms with Crippen LogP contribution in [0, 0.1) is 0 Å². The molecule has 19 heteroatoms. The number of carbonyl (C=O) groups is 4. The topological polar surface area (TPSA) is 237 Å². The van der Waals surface area contributed by atoms with Crippen LogP contribution in [0.4, 0.5) is 0 Å². The van der Waals surface area contributed by atoms with Gasteiger partial charge in [0.1, 0.15) is 19.3 Å². The van der Waals surface area contributed by atoms with Gasteiger partial charge in [-0.05, 0) is 51.4 Å². The summed E-state index contributed by atoms with van der Waals surface area (Å²) < 4.78 is 68.3. The predicted molar refractivity (Wildman–Crippen MR) is 381 cm³/mol. The molecule has 0 aromatic heterocycles. The number of unbranched alkanes of at least 4 members (excludes halogenated alkanes) is 36. The third kappa shape index (κ3) is 67.3. The molecular formula is C75H136O17P2. The molecule has 0 amide bonds. The summed E-state index contributed by atoms with van der Waals surface area (Å²) in [5, 5.41) is 10.6. The summed E-state index contributed by atoms with van der Waals surface area (Å²) in [7, 11) is -9.95. The molecule has 0 radical (unpaired) electrons. The van der Waals surface area contributed by atoms with E-state index in [0.717, 1.165) is 96.3 Å². The summed E-state index contributed by atoms with van der Waals surface area (Å²) in [6, 6.07) is 0. The Balaban J connectivity index is 5.36. The van der Waals surface area contributed by atoms with Gasteiger partial charge in [0.05, 0.1) is 32.8 Å². The lowest BCUT2D eigenvalue weighted by Crippen LogP contribution is -2.30. The molecule has 0 aliphatic heterocycles. The molecule has 0 saturated heterocycles. The van der Waals surface area contributed by atoms with E-state index in [1.165, 1.54) is 161 Å². The van der Waals surface area contributed by atoms with Crippen molar-refractivity contribution < 1.29 is 80.2 Å². The molecule has 0 aromatic carbocycles. The van der Waals surface area contributed by atoms with Crippen LogP contribution in [0.25, 0.3) is 0 Å². The number of ether oxygens (including phenoxy) is 4. The molecule has 0 aromatic rings. The molecule has 548 valence electrons. The molecule has 0 bridgehead atoms. The summed E-state index contributed by atoms with van der Waals surface area (Å²) in [5.41, 5.74) is 0. The largest absolute Gasteiger partial charge is 0.472 e. The van der Waals surface area contributed by atoms with E-state index >= 15 is 0 Å². The molecule has 0 aliphatic carbocycles. The van der Waals surface area contributed by atoms with E-state index in [1.807, 2.05) is 18.2 Å². The van der Waals surface area contributed by atoms with Crippen LogP contribution in [0.15, 0.2) is 60.8 Å². The van der Waals surface area contributed by atoms with Crippen molar-refractivity contribution in [1.82, 2.24) is 0 Å². The highest BCUT2D eigenvalue weighted by Crippen LogP contribution is 2.45. The molecule has 0 spiro atoms. The smallest absolute Gasteiger partial charge is 0.462 e. The number of rotatable bonds is 71. The summed E-state index contributed by atoms with van der Waals surface area (Å²) in [5.74, 6) is -2.29. The monoisotopic (exact) mass is 1370 g/mol. The minimum atomic E-state index is -4.98. The summed E-state index contributed by atoms with van der Waals surface area (Å²) in [6.45, 7) is 4.70. The average Bonchev–Trinajstić information content (AvgIpc) is 1.67. The van der Waals surface area contributed by atoms with Crippen LogP contribution in [0.1, 0.15) is 336 Å². The van der Waals surface area contributed by atoms with E-state index in [4.69, 9.17) is 37.0 Å². The molecular weight excluding hydrogens is 1230 g/mol. The van der Waals surface area contributed by atoms with Gasteiger partial charge in [0.15, 0.2) is 12.2 Å². The first-order valence-corrected chi connectivity index (χ1v) is 40.5. The van der Waals surface area contributed by atoms with Crippen LogP contribution in [-0.2, 0) is 65.4 Å². The van der Waals surface area contributed by atoms with Gasteiger partial charge in [0.25, 0.3) is 0 Å².